The first kappa shape index (κ1) is 19.0. The van der Waals surface area contributed by atoms with E-state index < -0.39 is 11.9 Å². The maximum absolute atomic E-state index is 12.5. The molecule has 2 rings (SSSR count). The number of likely N-dealkylation sites (tertiary alicyclic amines) is 1. The Bertz CT molecular complexity index is 627. The van der Waals surface area contributed by atoms with Gasteiger partial charge in [-0.25, -0.2) is 0 Å². The lowest BCUT2D eigenvalue weighted by Crippen LogP contribution is -2.43. The van der Waals surface area contributed by atoms with E-state index in [1.165, 1.54) is 0 Å². The standard InChI is InChI=1S/C19H26N2O4/c1-3-5-17(22)21-11-4-6-15(12-21)18(23)20-16-9-7-14(8-10-16)13(2)19(24)25/h7-10,13,15H,3-6,11-12H2,1-2H3,(H,20,23)(H,24,25). The van der Waals surface area contributed by atoms with Crippen LogP contribution < -0.4 is 5.32 Å². The van der Waals surface area contributed by atoms with Gasteiger partial charge in [-0.1, -0.05) is 19.1 Å². The van der Waals surface area contributed by atoms with Crippen molar-refractivity contribution < 1.29 is 19.5 Å². The number of nitrogens with zero attached hydrogens (tertiary/aromatic N) is 1. The maximum atomic E-state index is 12.5. The average Bonchev–Trinajstić information content (AvgIpc) is 2.62. The summed E-state index contributed by atoms with van der Waals surface area (Å²) in [5, 5.41) is 11.9. The van der Waals surface area contributed by atoms with Gasteiger partial charge in [-0.05, 0) is 43.9 Å². The summed E-state index contributed by atoms with van der Waals surface area (Å²) >= 11 is 0. The molecule has 1 saturated heterocycles. The Hall–Kier alpha value is -2.37. The molecule has 1 aliphatic heterocycles. The molecule has 1 heterocycles. The average molecular weight is 346 g/mol. The number of aliphatic carboxylic acids is 1. The molecule has 136 valence electrons. The van der Waals surface area contributed by atoms with Crippen molar-refractivity contribution in [3.8, 4) is 0 Å². The molecule has 2 unspecified atom stereocenters. The second-order valence-corrected chi connectivity index (χ2v) is 6.60. The smallest absolute Gasteiger partial charge is 0.310 e. The van der Waals surface area contributed by atoms with Gasteiger partial charge in [0.2, 0.25) is 11.8 Å². The summed E-state index contributed by atoms with van der Waals surface area (Å²) in [6, 6.07) is 6.86. The summed E-state index contributed by atoms with van der Waals surface area (Å²) < 4.78 is 0. The number of amides is 2. The molecule has 0 saturated carbocycles. The Labute approximate surface area is 148 Å². The molecule has 1 fully saturated rings. The van der Waals surface area contributed by atoms with Gasteiger partial charge in [0.15, 0.2) is 0 Å². The Morgan fingerprint density at radius 2 is 1.96 bits per heavy atom. The fourth-order valence-corrected chi connectivity index (χ4v) is 3.03. The summed E-state index contributed by atoms with van der Waals surface area (Å²) in [5.41, 5.74) is 1.34. The van der Waals surface area contributed by atoms with Gasteiger partial charge < -0.3 is 15.3 Å². The van der Waals surface area contributed by atoms with E-state index in [4.69, 9.17) is 5.11 Å². The van der Waals surface area contributed by atoms with E-state index in [1.54, 1.807) is 36.1 Å². The third kappa shape index (κ3) is 5.05. The number of rotatable bonds is 6. The Kier molecular flexibility index (Phi) is 6.56. The Balaban J connectivity index is 1.95. The third-order valence-corrected chi connectivity index (χ3v) is 4.66. The Morgan fingerprint density at radius 1 is 1.28 bits per heavy atom. The number of carboxylic acids is 1. The molecule has 2 atom stereocenters. The zero-order valence-electron chi connectivity index (χ0n) is 14.8. The first-order valence-electron chi connectivity index (χ1n) is 8.83. The highest BCUT2D eigenvalue weighted by Crippen LogP contribution is 2.21. The van der Waals surface area contributed by atoms with E-state index in [0.29, 0.717) is 24.2 Å². The predicted octanol–water partition coefficient (Wildman–Crippen LogP) is 2.85. The second-order valence-electron chi connectivity index (χ2n) is 6.60. The SMILES string of the molecule is CCCC(=O)N1CCCC(C(=O)Nc2ccc(C(C)C(=O)O)cc2)C1. The van der Waals surface area contributed by atoms with Crippen molar-refractivity contribution >= 4 is 23.5 Å². The minimum Gasteiger partial charge on any atom is -0.481 e. The van der Waals surface area contributed by atoms with Crippen LogP contribution in [0.4, 0.5) is 5.69 Å². The quantitative estimate of drug-likeness (QED) is 0.829. The van der Waals surface area contributed by atoms with E-state index in [2.05, 4.69) is 5.32 Å². The van der Waals surface area contributed by atoms with E-state index in [-0.39, 0.29) is 17.7 Å². The van der Waals surface area contributed by atoms with Crippen LogP contribution in [0.1, 0.15) is 51.0 Å². The molecule has 6 nitrogen and oxygen atoms in total. The summed E-state index contributed by atoms with van der Waals surface area (Å²) in [7, 11) is 0. The first-order valence-corrected chi connectivity index (χ1v) is 8.83. The Morgan fingerprint density at radius 3 is 2.56 bits per heavy atom. The number of benzene rings is 1. The van der Waals surface area contributed by atoms with E-state index >= 15 is 0 Å². The van der Waals surface area contributed by atoms with Gasteiger partial charge in [0.1, 0.15) is 0 Å². The first-order chi connectivity index (χ1) is 11.9. The van der Waals surface area contributed by atoms with Crippen LogP contribution >= 0.6 is 0 Å². The van der Waals surface area contributed by atoms with Crippen molar-refractivity contribution in [2.24, 2.45) is 5.92 Å². The number of carbonyl (C=O) groups is 3. The van der Waals surface area contributed by atoms with E-state index in [9.17, 15) is 14.4 Å². The second kappa shape index (κ2) is 8.65. The molecule has 0 aromatic heterocycles. The lowest BCUT2D eigenvalue weighted by molar-refractivity contribution is -0.138. The van der Waals surface area contributed by atoms with Crippen LogP contribution in [0.2, 0.25) is 0 Å². The summed E-state index contributed by atoms with van der Waals surface area (Å²) in [4.78, 5) is 37.3. The maximum Gasteiger partial charge on any atom is 0.310 e. The highest BCUT2D eigenvalue weighted by Gasteiger charge is 2.28. The molecule has 0 radical (unpaired) electrons. The lowest BCUT2D eigenvalue weighted by atomic mass is 9.96. The summed E-state index contributed by atoms with van der Waals surface area (Å²) in [6.45, 7) is 4.80. The fourth-order valence-electron chi connectivity index (χ4n) is 3.03. The van der Waals surface area contributed by atoms with Gasteiger partial charge in [0, 0.05) is 25.2 Å². The van der Waals surface area contributed by atoms with Crippen LogP contribution in [-0.2, 0) is 14.4 Å². The van der Waals surface area contributed by atoms with Crippen LogP contribution in [0.25, 0.3) is 0 Å². The molecular formula is C19H26N2O4. The molecule has 1 aromatic rings. The molecule has 0 spiro atoms. The molecule has 6 heteroatoms. The highest BCUT2D eigenvalue weighted by atomic mass is 16.4. The van der Waals surface area contributed by atoms with Crippen LogP contribution in [0, 0.1) is 5.92 Å². The number of hydrogen-bond donors (Lipinski definition) is 2. The minimum absolute atomic E-state index is 0.0898. The van der Waals surface area contributed by atoms with Gasteiger partial charge in [-0.15, -0.1) is 0 Å². The third-order valence-electron chi connectivity index (χ3n) is 4.66. The highest BCUT2D eigenvalue weighted by molar-refractivity contribution is 5.93. The van der Waals surface area contributed by atoms with Crippen LogP contribution in [-0.4, -0.2) is 40.9 Å². The van der Waals surface area contributed by atoms with Crippen molar-refractivity contribution in [2.45, 2.75) is 45.4 Å². The summed E-state index contributed by atoms with van der Waals surface area (Å²) in [6.07, 6.45) is 2.95. The van der Waals surface area contributed by atoms with E-state index in [0.717, 1.165) is 25.8 Å². The van der Waals surface area contributed by atoms with E-state index in [1.807, 2.05) is 6.92 Å². The molecular weight excluding hydrogens is 320 g/mol. The molecule has 2 N–H and O–H groups in total. The number of piperidine rings is 1. The molecule has 2 amide bonds. The minimum atomic E-state index is -0.879. The predicted molar refractivity (Wildman–Crippen MR) is 95.3 cm³/mol. The molecule has 0 aliphatic carbocycles. The number of hydrogen-bond acceptors (Lipinski definition) is 3. The van der Waals surface area contributed by atoms with Crippen molar-refractivity contribution in [2.75, 3.05) is 18.4 Å². The zero-order chi connectivity index (χ0) is 18.4. The van der Waals surface area contributed by atoms with Gasteiger partial charge in [0.25, 0.3) is 0 Å². The number of carbonyl (C=O) groups excluding carboxylic acids is 2. The van der Waals surface area contributed by atoms with Crippen LogP contribution in [0.3, 0.4) is 0 Å². The monoisotopic (exact) mass is 346 g/mol. The molecule has 1 aromatic carbocycles. The molecule has 25 heavy (non-hydrogen) atoms. The van der Waals surface area contributed by atoms with Gasteiger partial charge in [0.05, 0.1) is 11.8 Å². The van der Waals surface area contributed by atoms with Gasteiger partial charge >= 0.3 is 5.97 Å². The van der Waals surface area contributed by atoms with Gasteiger partial charge in [-0.3, -0.25) is 14.4 Å². The number of anilines is 1. The van der Waals surface area contributed by atoms with Crippen molar-refractivity contribution in [1.29, 1.82) is 0 Å². The van der Waals surface area contributed by atoms with Crippen molar-refractivity contribution in [3.63, 3.8) is 0 Å². The normalized spacial score (nSPS) is 18.5. The number of nitrogens with one attached hydrogen (secondary N) is 1. The lowest BCUT2D eigenvalue weighted by Gasteiger charge is -2.32. The van der Waals surface area contributed by atoms with Crippen LogP contribution in [0.5, 0.6) is 0 Å². The topological polar surface area (TPSA) is 86.7 Å². The molecule has 0 bridgehead atoms. The summed E-state index contributed by atoms with van der Waals surface area (Å²) in [5.74, 6) is -1.63. The molecule has 1 aliphatic rings. The van der Waals surface area contributed by atoms with Gasteiger partial charge in [-0.2, -0.15) is 0 Å². The zero-order valence-corrected chi connectivity index (χ0v) is 14.8. The van der Waals surface area contributed by atoms with Crippen LogP contribution in [0.15, 0.2) is 24.3 Å². The van der Waals surface area contributed by atoms with Crippen molar-refractivity contribution in [3.05, 3.63) is 29.8 Å². The largest absolute Gasteiger partial charge is 0.481 e. The fraction of sp³-hybridized carbons (Fsp3) is 0.526. The number of carboxylic acid groups (broad SMARTS) is 1. The van der Waals surface area contributed by atoms with Crippen molar-refractivity contribution in [1.82, 2.24) is 4.90 Å².